The molecule has 12 heavy (non-hydrogen) atoms. The maximum atomic E-state index is 8.44. The van der Waals surface area contributed by atoms with Crippen LogP contribution in [0.25, 0.3) is 0 Å². The molecule has 0 radical (unpaired) electrons. The number of para-hydroxylation sites is 1. The Morgan fingerprint density at radius 1 is 1.33 bits per heavy atom. The lowest BCUT2D eigenvalue weighted by molar-refractivity contribution is 0.350. The van der Waals surface area contributed by atoms with Crippen molar-refractivity contribution in [1.82, 2.24) is 0 Å². The summed E-state index contributed by atoms with van der Waals surface area (Å²) < 4.78 is 0. The molecular formula is C9H10N2O. The molecule has 0 bridgehead atoms. The quantitative estimate of drug-likeness (QED) is 0.377. The first-order valence-electron chi connectivity index (χ1n) is 3.49. The van der Waals surface area contributed by atoms with Crippen LogP contribution in [0.2, 0.25) is 0 Å². The summed E-state index contributed by atoms with van der Waals surface area (Å²) in [4.78, 5) is 0. The third kappa shape index (κ3) is 1.68. The highest BCUT2D eigenvalue weighted by molar-refractivity contribution is 5.71. The van der Waals surface area contributed by atoms with Crippen LogP contribution in [0.4, 0.5) is 11.4 Å². The second kappa shape index (κ2) is 3.65. The van der Waals surface area contributed by atoms with Crippen LogP contribution >= 0.6 is 0 Å². The van der Waals surface area contributed by atoms with Crippen LogP contribution in [0.3, 0.4) is 0 Å². The molecule has 0 heterocycles. The van der Waals surface area contributed by atoms with Crippen LogP contribution in [0, 0.1) is 11.8 Å². The SMILES string of the molecule is Nc1cccc(C#CCO)c1N. The Bertz CT molecular complexity index is 336. The van der Waals surface area contributed by atoms with Crippen LogP contribution in [-0.4, -0.2) is 11.7 Å². The zero-order valence-corrected chi connectivity index (χ0v) is 6.54. The molecule has 0 saturated heterocycles. The van der Waals surface area contributed by atoms with E-state index < -0.39 is 0 Å². The highest BCUT2D eigenvalue weighted by Gasteiger charge is 1.97. The molecule has 3 heteroatoms. The lowest BCUT2D eigenvalue weighted by Gasteiger charge is -2.00. The van der Waals surface area contributed by atoms with Crippen LogP contribution in [0.1, 0.15) is 5.56 Å². The van der Waals surface area contributed by atoms with Crippen molar-refractivity contribution < 1.29 is 5.11 Å². The summed E-state index contributed by atoms with van der Waals surface area (Å²) in [7, 11) is 0. The summed E-state index contributed by atoms with van der Waals surface area (Å²) in [5.41, 5.74) is 12.8. The predicted octanol–water partition coefficient (Wildman–Crippen LogP) is 0.195. The molecule has 1 rings (SSSR count). The van der Waals surface area contributed by atoms with Gasteiger partial charge in [0.1, 0.15) is 6.61 Å². The van der Waals surface area contributed by atoms with Gasteiger partial charge in [0.2, 0.25) is 0 Å². The number of aliphatic hydroxyl groups excluding tert-OH is 1. The molecule has 3 nitrogen and oxygen atoms in total. The summed E-state index contributed by atoms with van der Waals surface area (Å²) in [6, 6.07) is 5.24. The Balaban J connectivity index is 3.08. The molecule has 0 aromatic heterocycles. The maximum absolute atomic E-state index is 8.44. The van der Waals surface area contributed by atoms with Gasteiger partial charge in [-0.2, -0.15) is 0 Å². The largest absolute Gasteiger partial charge is 0.397 e. The lowest BCUT2D eigenvalue weighted by Crippen LogP contribution is -1.96. The van der Waals surface area contributed by atoms with E-state index in [0.29, 0.717) is 16.9 Å². The van der Waals surface area contributed by atoms with Crippen molar-refractivity contribution in [2.75, 3.05) is 18.1 Å². The van der Waals surface area contributed by atoms with Crippen LogP contribution in [0.15, 0.2) is 18.2 Å². The van der Waals surface area contributed by atoms with E-state index in [2.05, 4.69) is 11.8 Å². The number of hydrogen-bond acceptors (Lipinski definition) is 3. The van der Waals surface area contributed by atoms with E-state index in [4.69, 9.17) is 16.6 Å². The minimum atomic E-state index is -0.172. The number of nitrogen functional groups attached to an aromatic ring is 2. The van der Waals surface area contributed by atoms with E-state index in [1.807, 2.05) is 0 Å². The number of hydrogen-bond donors (Lipinski definition) is 3. The summed E-state index contributed by atoms with van der Waals surface area (Å²) >= 11 is 0. The van der Waals surface area contributed by atoms with E-state index in [1.165, 1.54) is 0 Å². The van der Waals surface area contributed by atoms with Crippen LogP contribution in [-0.2, 0) is 0 Å². The van der Waals surface area contributed by atoms with E-state index in [0.717, 1.165) is 0 Å². The normalized spacial score (nSPS) is 8.75. The molecule has 0 aliphatic heterocycles. The Labute approximate surface area is 71.0 Å². The molecule has 0 aliphatic rings. The Hall–Kier alpha value is -1.66. The van der Waals surface area contributed by atoms with Gasteiger partial charge >= 0.3 is 0 Å². The Morgan fingerprint density at radius 3 is 2.75 bits per heavy atom. The van der Waals surface area contributed by atoms with E-state index in [9.17, 15) is 0 Å². The van der Waals surface area contributed by atoms with Gasteiger partial charge in [0.05, 0.1) is 11.4 Å². The molecule has 62 valence electrons. The lowest BCUT2D eigenvalue weighted by atomic mass is 10.1. The van der Waals surface area contributed by atoms with Gasteiger partial charge in [-0.05, 0) is 12.1 Å². The molecule has 0 unspecified atom stereocenters. The fraction of sp³-hybridized carbons (Fsp3) is 0.111. The summed E-state index contributed by atoms with van der Waals surface area (Å²) in [6.07, 6.45) is 0. The highest BCUT2D eigenvalue weighted by Crippen LogP contribution is 2.17. The van der Waals surface area contributed by atoms with Crippen molar-refractivity contribution in [1.29, 1.82) is 0 Å². The van der Waals surface area contributed by atoms with E-state index in [1.54, 1.807) is 18.2 Å². The first-order valence-corrected chi connectivity index (χ1v) is 3.49. The summed E-state index contributed by atoms with van der Waals surface area (Å²) in [5.74, 6) is 5.20. The van der Waals surface area contributed by atoms with Gasteiger partial charge < -0.3 is 16.6 Å². The average molecular weight is 162 g/mol. The fourth-order valence-electron chi connectivity index (χ4n) is 0.827. The van der Waals surface area contributed by atoms with Crippen LogP contribution in [0.5, 0.6) is 0 Å². The van der Waals surface area contributed by atoms with Gasteiger partial charge in [-0.3, -0.25) is 0 Å². The number of rotatable bonds is 0. The fourth-order valence-corrected chi connectivity index (χ4v) is 0.827. The van der Waals surface area contributed by atoms with Crippen molar-refractivity contribution in [3.63, 3.8) is 0 Å². The van der Waals surface area contributed by atoms with Crippen molar-refractivity contribution in [2.45, 2.75) is 0 Å². The third-order valence-electron chi connectivity index (χ3n) is 1.44. The molecule has 1 aromatic carbocycles. The molecule has 0 atom stereocenters. The maximum Gasteiger partial charge on any atom is 0.104 e. The van der Waals surface area contributed by atoms with Crippen LogP contribution < -0.4 is 11.5 Å². The molecule has 0 aliphatic carbocycles. The second-order valence-electron chi connectivity index (χ2n) is 2.27. The van der Waals surface area contributed by atoms with Gasteiger partial charge in [0.15, 0.2) is 0 Å². The van der Waals surface area contributed by atoms with Gasteiger partial charge in [0, 0.05) is 5.56 Å². The highest BCUT2D eigenvalue weighted by atomic mass is 16.2. The smallest absolute Gasteiger partial charge is 0.104 e. The third-order valence-corrected chi connectivity index (χ3v) is 1.44. The molecule has 0 saturated carbocycles. The van der Waals surface area contributed by atoms with Gasteiger partial charge in [-0.15, -0.1) is 0 Å². The van der Waals surface area contributed by atoms with E-state index >= 15 is 0 Å². The second-order valence-corrected chi connectivity index (χ2v) is 2.27. The minimum absolute atomic E-state index is 0.172. The monoisotopic (exact) mass is 162 g/mol. The Kier molecular flexibility index (Phi) is 2.57. The summed E-state index contributed by atoms with van der Waals surface area (Å²) in [6.45, 7) is -0.172. The van der Waals surface area contributed by atoms with E-state index in [-0.39, 0.29) is 6.61 Å². The zero-order chi connectivity index (χ0) is 8.97. The minimum Gasteiger partial charge on any atom is -0.397 e. The average Bonchev–Trinajstić information content (AvgIpc) is 2.08. The standard InChI is InChI=1S/C9H10N2O/c10-8-5-1-3-7(9(8)11)4-2-6-12/h1,3,5,12H,6,10-11H2. The molecule has 1 aromatic rings. The zero-order valence-electron chi connectivity index (χ0n) is 6.54. The number of benzene rings is 1. The Morgan fingerprint density at radius 2 is 2.08 bits per heavy atom. The van der Waals surface area contributed by atoms with Crippen molar-refractivity contribution >= 4 is 11.4 Å². The predicted molar refractivity (Wildman–Crippen MR) is 49.2 cm³/mol. The molecule has 5 N–H and O–H groups in total. The van der Waals surface area contributed by atoms with Gasteiger partial charge in [0.25, 0.3) is 0 Å². The summed E-state index contributed by atoms with van der Waals surface area (Å²) in [5, 5.41) is 8.44. The number of aliphatic hydroxyl groups is 1. The topological polar surface area (TPSA) is 72.3 Å². The molecular weight excluding hydrogens is 152 g/mol. The van der Waals surface area contributed by atoms with Crippen molar-refractivity contribution in [3.8, 4) is 11.8 Å². The van der Waals surface area contributed by atoms with Crippen molar-refractivity contribution in [2.24, 2.45) is 0 Å². The first-order chi connectivity index (χ1) is 5.75. The number of nitrogens with two attached hydrogens (primary N) is 2. The number of anilines is 2. The van der Waals surface area contributed by atoms with Gasteiger partial charge in [-0.1, -0.05) is 17.9 Å². The van der Waals surface area contributed by atoms with Crippen molar-refractivity contribution in [3.05, 3.63) is 23.8 Å². The molecule has 0 fully saturated rings. The first kappa shape index (κ1) is 8.44. The van der Waals surface area contributed by atoms with Gasteiger partial charge in [-0.25, -0.2) is 0 Å². The molecule has 0 spiro atoms. The molecule has 0 amide bonds.